The van der Waals surface area contributed by atoms with Crippen LogP contribution in [0.25, 0.3) is 0 Å². The van der Waals surface area contributed by atoms with Crippen LogP contribution in [0.3, 0.4) is 0 Å². The molecule has 1 unspecified atom stereocenters. The molecular formula is C21H31N3O6. The largest absolute Gasteiger partial charge is 0.493 e. The second-order valence-corrected chi connectivity index (χ2v) is 8.32. The third-order valence-corrected chi connectivity index (χ3v) is 4.75. The Hall–Kier alpha value is -2.97. The highest BCUT2D eigenvalue weighted by Gasteiger charge is 2.41. The monoisotopic (exact) mass is 421 g/mol. The molecule has 1 saturated heterocycles. The van der Waals surface area contributed by atoms with Crippen LogP contribution in [0.15, 0.2) is 29.4 Å². The molecule has 0 spiro atoms. The molecule has 2 atom stereocenters. The number of esters is 1. The minimum atomic E-state index is -0.605. The number of ether oxygens (including phenoxy) is 3. The van der Waals surface area contributed by atoms with Gasteiger partial charge in [-0.15, -0.1) is 0 Å². The minimum absolute atomic E-state index is 0.0975. The van der Waals surface area contributed by atoms with Crippen molar-refractivity contribution in [2.45, 2.75) is 39.2 Å². The molecule has 30 heavy (non-hydrogen) atoms. The van der Waals surface area contributed by atoms with Gasteiger partial charge in [-0.3, -0.25) is 4.79 Å². The average Bonchev–Trinajstić information content (AvgIpc) is 3.10. The van der Waals surface area contributed by atoms with Gasteiger partial charge >= 0.3 is 12.1 Å². The van der Waals surface area contributed by atoms with Crippen LogP contribution in [0, 0.1) is 11.8 Å². The molecule has 1 aliphatic rings. The van der Waals surface area contributed by atoms with Gasteiger partial charge in [-0.05, 0) is 50.8 Å². The molecule has 0 aliphatic carbocycles. The number of nitrogens with zero attached hydrogens (tertiary/aromatic N) is 2. The second kappa shape index (κ2) is 10.2. The zero-order valence-electron chi connectivity index (χ0n) is 18.0. The van der Waals surface area contributed by atoms with E-state index in [0.29, 0.717) is 25.1 Å². The molecule has 0 bridgehead atoms. The van der Waals surface area contributed by atoms with Crippen molar-refractivity contribution in [2.75, 3.05) is 26.8 Å². The summed E-state index contributed by atoms with van der Waals surface area (Å²) in [6.07, 6.45) is 0.453. The summed E-state index contributed by atoms with van der Waals surface area (Å²) in [7, 11) is 1.35. The molecule has 1 heterocycles. The fourth-order valence-corrected chi connectivity index (χ4v) is 3.36. The number of hydrogen-bond acceptors (Lipinski definition) is 7. The van der Waals surface area contributed by atoms with Crippen molar-refractivity contribution in [3.8, 4) is 5.75 Å². The number of likely N-dealkylation sites (tertiary alicyclic amines) is 1. The fourth-order valence-electron chi connectivity index (χ4n) is 3.36. The predicted octanol–water partition coefficient (Wildman–Crippen LogP) is 2.40. The Bertz CT molecular complexity index is 774. The zero-order valence-corrected chi connectivity index (χ0v) is 18.0. The van der Waals surface area contributed by atoms with E-state index >= 15 is 0 Å². The number of oxime groups is 1. The quantitative estimate of drug-likeness (QED) is 0.228. The van der Waals surface area contributed by atoms with E-state index < -0.39 is 17.6 Å². The summed E-state index contributed by atoms with van der Waals surface area (Å²) in [5, 5.41) is 11.5. The average molecular weight is 421 g/mol. The Balaban J connectivity index is 2.06. The Morgan fingerprint density at radius 3 is 2.67 bits per heavy atom. The molecule has 9 heteroatoms. The third-order valence-electron chi connectivity index (χ3n) is 4.75. The normalized spacial score (nSPS) is 19.5. The molecule has 1 amide bonds. The van der Waals surface area contributed by atoms with Crippen molar-refractivity contribution in [3.05, 3.63) is 29.8 Å². The van der Waals surface area contributed by atoms with Crippen LogP contribution < -0.4 is 10.5 Å². The first-order chi connectivity index (χ1) is 14.1. The topological polar surface area (TPSA) is 124 Å². The molecule has 1 fully saturated rings. The van der Waals surface area contributed by atoms with Crippen LogP contribution in [0.4, 0.5) is 4.79 Å². The Morgan fingerprint density at radius 2 is 2.03 bits per heavy atom. The molecule has 0 aromatic heterocycles. The van der Waals surface area contributed by atoms with E-state index in [2.05, 4.69) is 5.16 Å². The number of carbonyl (C=O) groups is 2. The van der Waals surface area contributed by atoms with Gasteiger partial charge in [0.1, 0.15) is 17.2 Å². The molecular weight excluding hydrogens is 390 g/mol. The first-order valence-electron chi connectivity index (χ1n) is 9.87. The van der Waals surface area contributed by atoms with Gasteiger partial charge in [0.2, 0.25) is 0 Å². The van der Waals surface area contributed by atoms with Crippen molar-refractivity contribution >= 4 is 17.9 Å². The molecule has 3 N–H and O–H groups in total. The molecule has 9 nitrogen and oxygen atoms in total. The van der Waals surface area contributed by atoms with E-state index in [-0.39, 0.29) is 30.9 Å². The van der Waals surface area contributed by atoms with Gasteiger partial charge in [0.25, 0.3) is 0 Å². The smallest absolute Gasteiger partial charge is 0.410 e. The molecule has 0 saturated carbocycles. The first kappa shape index (κ1) is 23.3. The number of benzene rings is 1. The van der Waals surface area contributed by atoms with Crippen molar-refractivity contribution in [2.24, 2.45) is 22.7 Å². The summed E-state index contributed by atoms with van der Waals surface area (Å²) in [6.45, 7) is 6.37. The Kier molecular flexibility index (Phi) is 7.91. The number of amides is 1. The lowest BCUT2D eigenvalue weighted by molar-refractivity contribution is -0.146. The molecule has 166 valence electrons. The van der Waals surface area contributed by atoms with Gasteiger partial charge in [0.05, 0.1) is 19.6 Å². The lowest BCUT2D eigenvalue weighted by atomic mass is 9.89. The fraction of sp³-hybridized carbons (Fsp3) is 0.571. The van der Waals surface area contributed by atoms with E-state index in [1.807, 2.05) is 45.0 Å². The van der Waals surface area contributed by atoms with Gasteiger partial charge in [0.15, 0.2) is 0 Å². The van der Waals surface area contributed by atoms with Crippen molar-refractivity contribution in [1.82, 2.24) is 4.90 Å². The zero-order chi connectivity index (χ0) is 22.3. The molecule has 0 radical (unpaired) electrons. The number of nitrogens with two attached hydrogens (primary N) is 1. The van der Waals surface area contributed by atoms with Crippen molar-refractivity contribution in [3.63, 3.8) is 0 Å². The summed E-state index contributed by atoms with van der Waals surface area (Å²) < 4.78 is 16.1. The molecule has 2 rings (SSSR count). The van der Waals surface area contributed by atoms with Crippen LogP contribution in [0.1, 0.15) is 32.8 Å². The van der Waals surface area contributed by atoms with Crippen molar-refractivity contribution < 1.29 is 29.0 Å². The first-order valence-corrected chi connectivity index (χ1v) is 9.87. The van der Waals surface area contributed by atoms with Gasteiger partial charge in [-0.2, -0.15) is 0 Å². The number of carbonyl (C=O) groups excluding carboxylic acids is 2. The minimum Gasteiger partial charge on any atom is -0.493 e. The number of rotatable bonds is 7. The van der Waals surface area contributed by atoms with E-state index in [0.717, 1.165) is 5.56 Å². The molecule has 1 aromatic carbocycles. The maximum Gasteiger partial charge on any atom is 0.410 e. The van der Waals surface area contributed by atoms with E-state index in [9.17, 15) is 9.59 Å². The highest BCUT2D eigenvalue weighted by atomic mass is 16.6. The molecule has 1 aliphatic heterocycles. The summed E-state index contributed by atoms with van der Waals surface area (Å²) in [4.78, 5) is 26.3. The van der Waals surface area contributed by atoms with Gasteiger partial charge in [0, 0.05) is 19.5 Å². The van der Waals surface area contributed by atoms with E-state index in [1.165, 1.54) is 7.11 Å². The summed E-state index contributed by atoms with van der Waals surface area (Å²) >= 11 is 0. The van der Waals surface area contributed by atoms with E-state index in [4.69, 9.17) is 25.2 Å². The Morgan fingerprint density at radius 1 is 1.30 bits per heavy atom. The van der Waals surface area contributed by atoms with Crippen molar-refractivity contribution in [1.29, 1.82) is 0 Å². The van der Waals surface area contributed by atoms with Crippen LogP contribution in [0.2, 0.25) is 0 Å². The van der Waals surface area contributed by atoms with Gasteiger partial charge in [-0.1, -0.05) is 17.3 Å². The number of methoxy groups -OCH3 is 1. The number of amidine groups is 1. The maximum atomic E-state index is 12.5. The van der Waals surface area contributed by atoms with E-state index in [1.54, 1.807) is 4.90 Å². The van der Waals surface area contributed by atoms with Gasteiger partial charge in [-0.25, -0.2) is 4.79 Å². The highest BCUT2D eigenvalue weighted by molar-refractivity contribution is 5.79. The van der Waals surface area contributed by atoms with Crippen LogP contribution >= 0.6 is 0 Å². The lowest BCUT2D eigenvalue weighted by Crippen LogP contribution is -2.36. The lowest BCUT2D eigenvalue weighted by Gasteiger charge is -2.24. The summed E-state index contributed by atoms with van der Waals surface area (Å²) in [6, 6.07) is 7.51. The standard InChI is InChI=1S/C21H31N3O6/c1-21(2,3)30-20(26)24-12-15(17(13-24)19(25)28-4)10-14-6-5-7-16(11-14)29-9-8-18(22)23-27/h5-7,11,15,17,27H,8-10,12-13H2,1-4H3,(H2,22,23)/t15-,17?/m1/s1. The second-order valence-electron chi connectivity index (χ2n) is 8.32. The van der Waals surface area contributed by atoms with Gasteiger partial charge < -0.3 is 30.1 Å². The highest BCUT2D eigenvalue weighted by Crippen LogP contribution is 2.30. The summed E-state index contributed by atoms with van der Waals surface area (Å²) in [5.74, 6) is -0.114. The third kappa shape index (κ3) is 6.82. The van der Waals surface area contributed by atoms with Crippen LogP contribution in [-0.4, -0.2) is 60.4 Å². The summed E-state index contributed by atoms with van der Waals surface area (Å²) in [5.41, 5.74) is 5.81. The maximum absolute atomic E-state index is 12.5. The SMILES string of the molecule is COC(=O)C1CN(C(=O)OC(C)(C)C)C[C@H]1Cc1cccc(OCC/C(N)=N\O)c1. The predicted molar refractivity (Wildman–Crippen MR) is 110 cm³/mol. The Labute approximate surface area is 176 Å². The van der Waals surface area contributed by atoms with Crippen LogP contribution in [0.5, 0.6) is 5.75 Å². The van der Waals surface area contributed by atoms with Crippen LogP contribution in [-0.2, 0) is 20.7 Å². The molecule has 1 aromatic rings. The number of hydrogen-bond donors (Lipinski definition) is 2.